The lowest BCUT2D eigenvalue weighted by molar-refractivity contribution is -0.134. The van der Waals surface area contributed by atoms with Crippen molar-refractivity contribution < 1.29 is 14.4 Å². The Morgan fingerprint density at radius 2 is 1.75 bits per heavy atom. The lowest BCUT2D eigenvalue weighted by Gasteiger charge is -2.32. The van der Waals surface area contributed by atoms with E-state index in [0.29, 0.717) is 5.92 Å². The number of benzene rings is 1. The Morgan fingerprint density at radius 1 is 1.07 bits per heavy atom. The van der Waals surface area contributed by atoms with E-state index in [9.17, 15) is 14.4 Å². The van der Waals surface area contributed by atoms with Crippen molar-refractivity contribution in [2.75, 3.05) is 19.6 Å². The maximum Gasteiger partial charge on any atom is 0.325 e. The molecule has 6 heteroatoms. The molecule has 3 fully saturated rings. The van der Waals surface area contributed by atoms with Gasteiger partial charge in [0.05, 0.1) is 0 Å². The standard InChI is InChI=1S/C22H29N3O3/c26-19(10-15-25-20(27)22(23-21(25)28)11-4-5-12-22)24-13-8-18(9-14-24)16-17-6-2-1-3-7-17/h1-3,6-7,18H,4-5,8-16H2,(H,23,28). The number of imide groups is 1. The second-order valence-electron chi connectivity index (χ2n) is 8.44. The van der Waals surface area contributed by atoms with Crippen molar-refractivity contribution in [2.24, 2.45) is 5.92 Å². The Balaban J connectivity index is 1.24. The summed E-state index contributed by atoms with van der Waals surface area (Å²) in [5, 5.41) is 2.87. The maximum atomic E-state index is 12.7. The highest BCUT2D eigenvalue weighted by Gasteiger charge is 2.52. The average Bonchev–Trinajstić information content (AvgIpc) is 3.27. The van der Waals surface area contributed by atoms with E-state index in [1.54, 1.807) is 0 Å². The summed E-state index contributed by atoms with van der Waals surface area (Å²) in [5.41, 5.74) is 0.669. The van der Waals surface area contributed by atoms with Crippen LogP contribution in [0.3, 0.4) is 0 Å². The zero-order valence-electron chi connectivity index (χ0n) is 16.4. The molecule has 0 atom stereocenters. The summed E-state index contributed by atoms with van der Waals surface area (Å²) < 4.78 is 0. The molecule has 1 saturated carbocycles. The molecule has 0 unspecified atom stereocenters. The van der Waals surface area contributed by atoms with Gasteiger partial charge in [-0.2, -0.15) is 0 Å². The van der Waals surface area contributed by atoms with Gasteiger partial charge in [-0.05, 0) is 43.6 Å². The molecule has 0 bridgehead atoms. The van der Waals surface area contributed by atoms with Gasteiger partial charge < -0.3 is 10.2 Å². The number of hydrogen-bond donors (Lipinski definition) is 1. The third kappa shape index (κ3) is 3.77. The summed E-state index contributed by atoms with van der Waals surface area (Å²) in [6, 6.07) is 10.2. The van der Waals surface area contributed by atoms with Crippen LogP contribution in [-0.4, -0.2) is 52.8 Å². The molecular weight excluding hydrogens is 354 g/mol. The fourth-order valence-electron chi connectivity index (χ4n) is 4.90. The molecule has 4 rings (SSSR count). The summed E-state index contributed by atoms with van der Waals surface area (Å²) in [6.07, 6.45) is 6.67. The fourth-order valence-corrected chi connectivity index (χ4v) is 4.90. The van der Waals surface area contributed by atoms with Crippen molar-refractivity contribution >= 4 is 17.8 Å². The molecule has 150 valence electrons. The van der Waals surface area contributed by atoms with E-state index < -0.39 is 5.54 Å². The number of nitrogens with zero attached hydrogens (tertiary/aromatic N) is 2. The smallest absolute Gasteiger partial charge is 0.325 e. The van der Waals surface area contributed by atoms with E-state index in [1.807, 2.05) is 11.0 Å². The van der Waals surface area contributed by atoms with Crippen LogP contribution in [0.1, 0.15) is 50.5 Å². The first-order valence-electron chi connectivity index (χ1n) is 10.5. The van der Waals surface area contributed by atoms with Crippen LogP contribution in [0, 0.1) is 5.92 Å². The summed E-state index contributed by atoms with van der Waals surface area (Å²) >= 11 is 0. The van der Waals surface area contributed by atoms with Crippen molar-refractivity contribution in [1.29, 1.82) is 0 Å². The first kappa shape index (κ1) is 19.0. The van der Waals surface area contributed by atoms with Gasteiger partial charge in [0.1, 0.15) is 5.54 Å². The summed E-state index contributed by atoms with van der Waals surface area (Å²) in [7, 11) is 0. The first-order valence-corrected chi connectivity index (χ1v) is 10.5. The minimum atomic E-state index is -0.685. The number of amides is 4. The van der Waals surface area contributed by atoms with Crippen molar-refractivity contribution in [3.63, 3.8) is 0 Å². The number of piperidine rings is 1. The monoisotopic (exact) mass is 383 g/mol. The molecule has 1 spiro atoms. The van der Waals surface area contributed by atoms with E-state index in [2.05, 4.69) is 29.6 Å². The Morgan fingerprint density at radius 3 is 2.43 bits per heavy atom. The minimum absolute atomic E-state index is 0.0473. The molecule has 1 aromatic rings. The summed E-state index contributed by atoms with van der Waals surface area (Å²) in [5.74, 6) is 0.523. The van der Waals surface area contributed by atoms with Crippen LogP contribution in [0.25, 0.3) is 0 Å². The molecule has 1 aliphatic carbocycles. The molecule has 28 heavy (non-hydrogen) atoms. The number of carbonyl (C=O) groups excluding carboxylic acids is 3. The van der Waals surface area contributed by atoms with E-state index in [1.165, 1.54) is 10.5 Å². The number of nitrogens with one attached hydrogen (secondary N) is 1. The number of hydrogen-bond acceptors (Lipinski definition) is 3. The van der Waals surface area contributed by atoms with Gasteiger partial charge in [0.25, 0.3) is 5.91 Å². The highest BCUT2D eigenvalue weighted by Crippen LogP contribution is 2.35. The van der Waals surface area contributed by atoms with Crippen molar-refractivity contribution in [1.82, 2.24) is 15.1 Å². The zero-order valence-corrected chi connectivity index (χ0v) is 16.4. The van der Waals surface area contributed by atoms with Gasteiger partial charge in [0, 0.05) is 26.1 Å². The molecule has 2 aliphatic heterocycles. The summed E-state index contributed by atoms with van der Waals surface area (Å²) in [6.45, 7) is 1.72. The predicted molar refractivity (Wildman–Crippen MR) is 106 cm³/mol. The third-order valence-corrected chi connectivity index (χ3v) is 6.59. The topological polar surface area (TPSA) is 69.7 Å². The molecule has 2 saturated heterocycles. The van der Waals surface area contributed by atoms with Crippen LogP contribution in [0.4, 0.5) is 4.79 Å². The molecule has 0 radical (unpaired) electrons. The SMILES string of the molecule is O=C(CCN1C(=O)NC2(CCCC2)C1=O)N1CCC(Cc2ccccc2)CC1. The van der Waals surface area contributed by atoms with E-state index >= 15 is 0 Å². The molecule has 4 amide bonds. The Hall–Kier alpha value is -2.37. The van der Waals surface area contributed by atoms with Crippen molar-refractivity contribution in [3.8, 4) is 0 Å². The molecule has 6 nitrogen and oxygen atoms in total. The van der Waals surface area contributed by atoms with Gasteiger partial charge in [-0.3, -0.25) is 14.5 Å². The third-order valence-electron chi connectivity index (χ3n) is 6.59. The number of likely N-dealkylation sites (tertiary alicyclic amines) is 1. The Bertz CT molecular complexity index is 735. The van der Waals surface area contributed by atoms with Gasteiger partial charge in [0.15, 0.2) is 0 Å². The normalized spacial score (nSPS) is 22.1. The van der Waals surface area contributed by atoms with Gasteiger partial charge in [-0.25, -0.2) is 4.79 Å². The fraction of sp³-hybridized carbons (Fsp3) is 0.591. The molecule has 1 N–H and O–H groups in total. The minimum Gasteiger partial charge on any atom is -0.343 e. The van der Waals surface area contributed by atoms with E-state index in [0.717, 1.165) is 58.0 Å². The highest BCUT2D eigenvalue weighted by molar-refractivity contribution is 6.07. The number of carbonyl (C=O) groups is 3. The van der Waals surface area contributed by atoms with Crippen molar-refractivity contribution in [3.05, 3.63) is 35.9 Å². The number of urea groups is 1. The van der Waals surface area contributed by atoms with Gasteiger partial charge >= 0.3 is 6.03 Å². The summed E-state index contributed by atoms with van der Waals surface area (Å²) in [4.78, 5) is 40.6. The van der Waals surface area contributed by atoms with Crippen LogP contribution >= 0.6 is 0 Å². The largest absolute Gasteiger partial charge is 0.343 e. The van der Waals surface area contributed by atoms with E-state index in [-0.39, 0.29) is 30.8 Å². The average molecular weight is 383 g/mol. The van der Waals surface area contributed by atoms with E-state index in [4.69, 9.17) is 0 Å². The Labute approximate surface area is 166 Å². The van der Waals surface area contributed by atoms with Gasteiger partial charge in [-0.1, -0.05) is 43.2 Å². The first-order chi connectivity index (χ1) is 13.6. The lowest BCUT2D eigenvalue weighted by atomic mass is 9.90. The van der Waals surface area contributed by atoms with Crippen LogP contribution < -0.4 is 5.32 Å². The lowest BCUT2D eigenvalue weighted by Crippen LogP contribution is -2.44. The Kier molecular flexibility index (Phi) is 5.38. The van der Waals surface area contributed by atoms with Crippen molar-refractivity contribution in [2.45, 2.75) is 56.9 Å². The van der Waals surface area contributed by atoms with Gasteiger partial charge in [0.2, 0.25) is 5.91 Å². The molecule has 3 aliphatic rings. The molecular formula is C22H29N3O3. The van der Waals surface area contributed by atoms with Gasteiger partial charge in [-0.15, -0.1) is 0 Å². The van der Waals surface area contributed by atoms with Crippen LogP contribution in [0.5, 0.6) is 0 Å². The number of rotatable bonds is 5. The van der Waals surface area contributed by atoms with Crippen LogP contribution in [0.15, 0.2) is 30.3 Å². The quantitative estimate of drug-likeness (QED) is 0.795. The second kappa shape index (κ2) is 7.94. The maximum absolute atomic E-state index is 12.7. The van der Waals surface area contributed by atoms with Crippen LogP contribution in [0.2, 0.25) is 0 Å². The zero-order chi connectivity index (χ0) is 19.6. The predicted octanol–water partition coefficient (Wildman–Crippen LogP) is 2.72. The molecule has 0 aromatic heterocycles. The molecule has 1 aromatic carbocycles. The molecule has 2 heterocycles. The highest BCUT2D eigenvalue weighted by atomic mass is 16.2. The second-order valence-corrected chi connectivity index (χ2v) is 8.44. The van der Waals surface area contributed by atoms with Crippen LogP contribution in [-0.2, 0) is 16.0 Å².